The monoisotopic (exact) mass is 231 g/mol. The first-order valence-corrected chi connectivity index (χ1v) is 5.88. The summed E-state index contributed by atoms with van der Waals surface area (Å²) in [6.45, 7) is 0. The van der Waals surface area contributed by atoms with Crippen molar-refractivity contribution >= 4 is 16.5 Å². The Morgan fingerprint density at radius 2 is 1.44 bits per heavy atom. The maximum atomic E-state index is 10.8. The molecule has 0 atom stereocenters. The van der Waals surface area contributed by atoms with Crippen LogP contribution >= 0.6 is 0 Å². The van der Waals surface area contributed by atoms with Crippen LogP contribution in [0.1, 0.15) is 0 Å². The summed E-state index contributed by atoms with van der Waals surface area (Å²) in [6.07, 6.45) is 0. The number of nitroso groups, excluding NO2 is 1. The van der Waals surface area contributed by atoms with Gasteiger partial charge in [0.1, 0.15) is 5.69 Å². The van der Waals surface area contributed by atoms with Crippen LogP contribution in [0.3, 0.4) is 0 Å². The van der Waals surface area contributed by atoms with E-state index >= 15 is 0 Å². The van der Waals surface area contributed by atoms with E-state index in [1.165, 1.54) is 22.1 Å². The van der Waals surface area contributed by atoms with Crippen LogP contribution in [0.2, 0.25) is 0 Å². The Kier molecular flexibility index (Phi) is 1.73. The molecule has 0 saturated heterocycles. The SMILES string of the molecule is O=Nc1cc2c3c(cccc3c1)-c1ccccc1-2. The quantitative estimate of drug-likeness (QED) is 0.429. The van der Waals surface area contributed by atoms with Crippen LogP contribution in [-0.2, 0) is 0 Å². The lowest BCUT2D eigenvalue weighted by atomic mass is 10.0. The van der Waals surface area contributed by atoms with Crippen LogP contribution in [0.25, 0.3) is 33.0 Å². The Morgan fingerprint density at radius 3 is 2.22 bits per heavy atom. The molecule has 0 fully saturated rings. The van der Waals surface area contributed by atoms with Gasteiger partial charge in [-0.2, -0.15) is 0 Å². The summed E-state index contributed by atoms with van der Waals surface area (Å²) in [5.74, 6) is 0. The number of nitrogens with zero attached hydrogens (tertiary/aromatic N) is 1. The van der Waals surface area contributed by atoms with Crippen molar-refractivity contribution in [3.8, 4) is 22.3 Å². The van der Waals surface area contributed by atoms with Crippen molar-refractivity contribution in [2.75, 3.05) is 0 Å². The number of hydrogen-bond acceptors (Lipinski definition) is 2. The van der Waals surface area contributed by atoms with Crippen molar-refractivity contribution in [1.82, 2.24) is 0 Å². The van der Waals surface area contributed by atoms with Gasteiger partial charge in [0, 0.05) is 0 Å². The molecule has 0 aliphatic heterocycles. The molecule has 18 heavy (non-hydrogen) atoms. The zero-order chi connectivity index (χ0) is 12.1. The summed E-state index contributed by atoms with van der Waals surface area (Å²) in [6, 6.07) is 18.2. The van der Waals surface area contributed by atoms with Crippen molar-refractivity contribution in [2.45, 2.75) is 0 Å². The minimum Gasteiger partial charge on any atom is -0.145 e. The van der Waals surface area contributed by atoms with Gasteiger partial charge >= 0.3 is 0 Å². The lowest BCUT2D eigenvalue weighted by Gasteiger charge is -2.02. The highest BCUT2D eigenvalue weighted by Gasteiger charge is 2.21. The third-order valence-corrected chi connectivity index (χ3v) is 3.57. The molecule has 0 bridgehead atoms. The first-order chi connectivity index (χ1) is 8.88. The predicted octanol–water partition coefficient (Wildman–Crippen LogP) is 4.89. The number of benzene rings is 3. The summed E-state index contributed by atoms with van der Waals surface area (Å²) in [5.41, 5.74) is 5.28. The molecule has 1 aliphatic rings. The molecule has 3 aromatic rings. The molecule has 0 spiro atoms. The van der Waals surface area contributed by atoms with E-state index in [4.69, 9.17) is 0 Å². The van der Waals surface area contributed by atoms with Crippen molar-refractivity contribution in [2.24, 2.45) is 5.18 Å². The summed E-state index contributed by atoms with van der Waals surface area (Å²) < 4.78 is 0. The molecule has 4 rings (SSSR count). The Hall–Kier alpha value is -2.48. The normalized spacial score (nSPS) is 11.6. The lowest BCUT2D eigenvalue weighted by Crippen LogP contribution is -1.75. The molecule has 3 aromatic carbocycles. The van der Waals surface area contributed by atoms with Crippen molar-refractivity contribution in [1.29, 1.82) is 0 Å². The molecule has 0 unspecified atom stereocenters. The van der Waals surface area contributed by atoms with Crippen LogP contribution in [0.15, 0.2) is 59.8 Å². The van der Waals surface area contributed by atoms with E-state index in [2.05, 4.69) is 23.4 Å². The van der Waals surface area contributed by atoms with E-state index in [1.807, 2.05) is 36.4 Å². The first-order valence-electron chi connectivity index (χ1n) is 5.88. The number of hydrogen-bond donors (Lipinski definition) is 0. The van der Waals surface area contributed by atoms with Crippen LogP contribution in [0, 0.1) is 4.91 Å². The minimum absolute atomic E-state index is 0.492. The molecule has 84 valence electrons. The fraction of sp³-hybridized carbons (Fsp3) is 0. The van der Waals surface area contributed by atoms with Gasteiger partial charge in [0.2, 0.25) is 0 Å². The fourth-order valence-electron chi connectivity index (χ4n) is 2.85. The van der Waals surface area contributed by atoms with Crippen LogP contribution in [0.4, 0.5) is 5.69 Å². The van der Waals surface area contributed by atoms with Gasteiger partial charge in [-0.3, -0.25) is 0 Å². The van der Waals surface area contributed by atoms with E-state index in [0.717, 1.165) is 10.9 Å². The molecule has 2 nitrogen and oxygen atoms in total. The molecule has 0 aromatic heterocycles. The molecule has 0 amide bonds. The van der Waals surface area contributed by atoms with Crippen LogP contribution in [-0.4, -0.2) is 0 Å². The van der Waals surface area contributed by atoms with Gasteiger partial charge in [0.25, 0.3) is 0 Å². The topological polar surface area (TPSA) is 29.4 Å². The van der Waals surface area contributed by atoms with Crippen LogP contribution in [0.5, 0.6) is 0 Å². The zero-order valence-electron chi connectivity index (χ0n) is 9.55. The molecule has 0 N–H and O–H groups in total. The molecular weight excluding hydrogens is 222 g/mol. The fourth-order valence-corrected chi connectivity index (χ4v) is 2.85. The smallest absolute Gasteiger partial charge is 0.109 e. The second-order valence-electron chi connectivity index (χ2n) is 4.53. The second kappa shape index (κ2) is 3.26. The van der Waals surface area contributed by atoms with E-state index in [0.29, 0.717) is 5.69 Å². The summed E-state index contributed by atoms with van der Waals surface area (Å²) >= 11 is 0. The summed E-state index contributed by atoms with van der Waals surface area (Å²) in [4.78, 5) is 10.8. The molecular formula is C16H9NO. The van der Waals surface area contributed by atoms with Gasteiger partial charge in [-0.05, 0) is 50.3 Å². The number of fused-ring (bicyclic) bond motifs is 3. The van der Waals surface area contributed by atoms with Gasteiger partial charge in [-0.1, -0.05) is 42.5 Å². The van der Waals surface area contributed by atoms with E-state index in [9.17, 15) is 4.91 Å². The average Bonchev–Trinajstić information content (AvgIpc) is 2.76. The zero-order valence-corrected chi connectivity index (χ0v) is 9.55. The van der Waals surface area contributed by atoms with Gasteiger partial charge in [-0.25, -0.2) is 0 Å². The maximum absolute atomic E-state index is 10.8. The summed E-state index contributed by atoms with van der Waals surface area (Å²) in [7, 11) is 0. The Labute approximate surface area is 104 Å². The maximum Gasteiger partial charge on any atom is 0.109 e. The lowest BCUT2D eigenvalue weighted by molar-refractivity contribution is 1.52. The van der Waals surface area contributed by atoms with Crippen LogP contribution < -0.4 is 0 Å². The summed E-state index contributed by atoms with van der Waals surface area (Å²) in [5, 5.41) is 5.38. The van der Waals surface area contributed by atoms with E-state index in [1.54, 1.807) is 0 Å². The van der Waals surface area contributed by atoms with Crippen molar-refractivity contribution in [3.63, 3.8) is 0 Å². The third kappa shape index (κ3) is 1.07. The van der Waals surface area contributed by atoms with Gasteiger partial charge in [0.05, 0.1) is 0 Å². The molecule has 2 heteroatoms. The molecule has 0 heterocycles. The highest BCUT2D eigenvalue weighted by Crippen LogP contribution is 2.48. The Bertz CT molecular complexity index is 805. The van der Waals surface area contributed by atoms with E-state index in [-0.39, 0.29) is 0 Å². The first kappa shape index (κ1) is 9.54. The highest BCUT2D eigenvalue weighted by atomic mass is 16.3. The largest absolute Gasteiger partial charge is 0.145 e. The van der Waals surface area contributed by atoms with Gasteiger partial charge < -0.3 is 0 Å². The standard InChI is InChI=1S/C16H9NO/c18-17-11-8-10-4-3-7-14-12-5-1-2-6-13(12)15(9-11)16(10)14/h1-9H. The van der Waals surface area contributed by atoms with Gasteiger partial charge in [0.15, 0.2) is 0 Å². The average molecular weight is 231 g/mol. The van der Waals surface area contributed by atoms with Gasteiger partial charge in [-0.15, -0.1) is 4.91 Å². The second-order valence-corrected chi connectivity index (χ2v) is 4.53. The third-order valence-electron chi connectivity index (χ3n) is 3.57. The minimum atomic E-state index is 0.492. The number of rotatable bonds is 1. The molecule has 1 aliphatic carbocycles. The highest BCUT2D eigenvalue weighted by molar-refractivity contribution is 6.16. The Balaban J connectivity index is 2.26. The Morgan fingerprint density at radius 1 is 0.722 bits per heavy atom. The van der Waals surface area contributed by atoms with E-state index < -0.39 is 0 Å². The van der Waals surface area contributed by atoms with Crippen molar-refractivity contribution < 1.29 is 0 Å². The predicted molar refractivity (Wildman–Crippen MR) is 73.8 cm³/mol. The molecule has 0 radical (unpaired) electrons. The molecule has 0 saturated carbocycles. The van der Waals surface area contributed by atoms with Crippen molar-refractivity contribution in [3.05, 3.63) is 59.5 Å².